The van der Waals surface area contributed by atoms with E-state index in [4.69, 9.17) is 0 Å². The van der Waals surface area contributed by atoms with Crippen LogP contribution in [0, 0.1) is 12.7 Å². The van der Waals surface area contributed by atoms with Crippen LogP contribution in [0.1, 0.15) is 26.8 Å². The summed E-state index contributed by atoms with van der Waals surface area (Å²) in [6, 6.07) is 6.14. The van der Waals surface area contributed by atoms with Gasteiger partial charge in [0.25, 0.3) is 5.91 Å². The second-order valence-corrected chi connectivity index (χ2v) is 5.20. The maximum atomic E-state index is 13.2. The molecule has 104 valence electrons. The molecule has 0 fully saturated rings. The summed E-state index contributed by atoms with van der Waals surface area (Å²) < 4.78 is 13.2. The molecule has 0 aliphatic carbocycles. The van der Waals surface area contributed by atoms with Gasteiger partial charge in [-0.05, 0) is 42.1 Å². The third-order valence-corrected chi connectivity index (χ3v) is 3.71. The Hall–Kier alpha value is -2.21. The number of aliphatic carboxylic acids is 1. The first-order valence-electron chi connectivity index (χ1n) is 5.82. The molecule has 0 spiro atoms. The van der Waals surface area contributed by atoms with Gasteiger partial charge in [0.2, 0.25) is 0 Å². The van der Waals surface area contributed by atoms with Gasteiger partial charge in [0.15, 0.2) is 6.04 Å². The lowest BCUT2D eigenvalue weighted by atomic mass is 10.1. The number of carboxylic acids is 1. The molecule has 1 unspecified atom stereocenters. The van der Waals surface area contributed by atoms with E-state index >= 15 is 0 Å². The monoisotopic (exact) mass is 293 g/mol. The molecule has 0 aliphatic rings. The smallest absolute Gasteiger partial charge is 0.331 e. The number of thiophene rings is 1. The fraction of sp³-hybridized carbons (Fsp3) is 0.143. The first-order chi connectivity index (χ1) is 9.49. The molecular formula is C14H12FNO3S. The lowest BCUT2D eigenvalue weighted by Gasteiger charge is -2.13. The number of aryl methyl sites for hydroxylation is 1. The fourth-order valence-corrected chi connectivity index (χ4v) is 2.48. The molecule has 0 saturated heterocycles. The van der Waals surface area contributed by atoms with Gasteiger partial charge in [-0.3, -0.25) is 4.79 Å². The molecule has 20 heavy (non-hydrogen) atoms. The highest BCUT2D eigenvalue weighted by Crippen LogP contribution is 2.20. The molecule has 0 radical (unpaired) electrons. The average Bonchev–Trinajstić information content (AvgIpc) is 2.92. The maximum absolute atomic E-state index is 13.2. The normalized spacial score (nSPS) is 11.9. The lowest BCUT2D eigenvalue weighted by Crippen LogP contribution is -2.33. The highest BCUT2D eigenvalue weighted by molar-refractivity contribution is 7.10. The largest absolute Gasteiger partial charge is 0.479 e. The van der Waals surface area contributed by atoms with Gasteiger partial charge in [-0.25, -0.2) is 9.18 Å². The average molecular weight is 293 g/mol. The van der Waals surface area contributed by atoms with E-state index in [9.17, 15) is 19.1 Å². The fourth-order valence-electron chi connectivity index (χ4n) is 1.71. The molecule has 4 nitrogen and oxygen atoms in total. The Labute approximate surface area is 118 Å². The number of carbonyl (C=O) groups is 2. The van der Waals surface area contributed by atoms with Crippen LogP contribution in [-0.2, 0) is 4.79 Å². The van der Waals surface area contributed by atoms with Crippen molar-refractivity contribution in [2.75, 3.05) is 0 Å². The topological polar surface area (TPSA) is 66.4 Å². The Morgan fingerprint density at radius 1 is 1.35 bits per heavy atom. The molecule has 6 heteroatoms. The van der Waals surface area contributed by atoms with E-state index < -0.39 is 23.7 Å². The van der Waals surface area contributed by atoms with Gasteiger partial charge < -0.3 is 10.4 Å². The molecule has 1 aromatic heterocycles. The van der Waals surface area contributed by atoms with Crippen LogP contribution < -0.4 is 5.32 Å². The number of nitrogens with one attached hydrogen (secondary N) is 1. The minimum Gasteiger partial charge on any atom is -0.479 e. The Bertz CT molecular complexity index is 640. The minimum atomic E-state index is -1.14. The molecule has 2 rings (SSSR count). The standard InChI is InChI=1S/C14H12FNO3S/c1-8-7-9(4-5-10(8)15)13(17)16-12(14(18)19)11-3-2-6-20-11/h2-7,12H,1H3,(H,16,17)(H,18,19). The summed E-state index contributed by atoms with van der Waals surface area (Å²) in [5, 5.41) is 13.3. The third-order valence-electron chi connectivity index (χ3n) is 2.77. The van der Waals surface area contributed by atoms with Crippen LogP contribution in [0.25, 0.3) is 0 Å². The van der Waals surface area contributed by atoms with Crippen LogP contribution in [0.4, 0.5) is 4.39 Å². The van der Waals surface area contributed by atoms with Crippen molar-refractivity contribution in [3.05, 3.63) is 57.5 Å². The third kappa shape index (κ3) is 3.03. The summed E-state index contributed by atoms with van der Waals surface area (Å²) in [7, 11) is 0. The highest BCUT2D eigenvalue weighted by Gasteiger charge is 2.23. The summed E-state index contributed by atoms with van der Waals surface area (Å²) in [5.41, 5.74) is 0.562. The number of hydrogen-bond donors (Lipinski definition) is 2. The minimum absolute atomic E-state index is 0.228. The van der Waals surface area contributed by atoms with Gasteiger partial charge in [-0.1, -0.05) is 6.07 Å². The van der Waals surface area contributed by atoms with Gasteiger partial charge in [0.05, 0.1) is 0 Å². The van der Waals surface area contributed by atoms with Gasteiger partial charge >= 0.3 is 5.97 Å². The predicted octanol–water partition coefficient (Wildman–Crippen LogP) is 2.75. The number of amides is 1. The zero-order chi connectivity index (χ0) is 14.7. The van der Waals surface area contributed by atoms with Crippen molar-refractivity contribution in [2.45, 2.75) is 13.0 Å². The number of hydrogen-bond acceptors (Lipinski definition) is 3. The second-order valence-electron chi connectivity index (χ2n) is 4.22. The Balaban J connectivity index is 2.20. The van der Waals surface area contributed by atoms with Gasteiger partial charge in [-0.15, -0.1) is 11.3 Å². The van der Waals surface area contributed by atoms with E-state index in [1.807, 2.05) is 0 Å². The van der Waals surface area contributed by atoms with Crippen molar-refractivity contribution in [3.63, 3.8) is 0 Å². The molecule has 0 aliphatic heterocycles. The number of rotatable bonds is 4. The maximum Gasteiger partial charge on any atom is 0.331 e. The van der Waals surface area contributed by atoms with Crippen LogP contribution in [0.5, 0.6) is 0 Å². The summed E-state index contributed by atoms with van der Waals surface area (Å²) >= 11 is 1.25. The zero-order valence-corrected chi connectivity index (χ0v) is 11.4. The molecule has 1 amide bonds. The summed E-state index contributed by atoms with van der Waals surface area (Å²) in [6.07, 6.45) is 0. The molecular weight excluding hydrogens is 281 g/mol. The predicted molar refractivity (Wildman–Crippen MR) is 73.3 cm³/mol. The summed E-state index contributed by atoms with van der Waals surface area (Å²) in [6.45, 7) is 1.54. The van der Waals surface area contributed by atoms with E-state index in [0.29, 0.717) is 10.4 Å². The second kappa shape index (κ2) is 5.83. The molecule has 1 heterocycles. The molecule has 0 saturated carbocycles. The van der Waals surface area contributed by atoms with E-state index in [2.05, 4.69) is 5.32 Å². The molecule has 1 atom stereocenters. The van der Waals surface area contributed by atoms with Crippen LogP contribution in [0.15, 0.2) is 35.7 Å². The van der Waals surface area contributed by atoms with E-state index in [1.165, 1.54) is 29.5 Å². The number of carbonyl (C=O) groups excluding carboxylic acids is 1. The Morgan fingerprint density at radius 2 is 2.10 bits per heavy atom. The highest BCUT2D eigenvalue weighted by atomic mass is 32.1. The number of halogens is 1. The lowest BCUT2D eigenvalue weighted by molar-refractivity contribution is -0.139. The number of carboxylic acid groups (broad SMARTS) is 1. The van der Waals surface area contributed by atoms with Crippen LogP contribution >= 0.6 is 11.3 Å². The van der Waals surface area contributed by atoms with Crippen LogP contribution in [0.2, 0.25) is 0 Å². The van der Waals surface area contributed by atoms with E-state index in [1.54, 1.807) is 24.4 Å². The molecule has 2 aromatic rings. The SMILES string of the molecule is Cc1cc(C(=O)NC(C(=O)O)c2cccs2)ccc1F. The summed E-state index contributed by atoms with van der Waals surface area (Å²) in [4.78, 5) is 23.8. The molecule has 1 aromatic carbocycles. The van der Waals surface area contributed by atoms with Crippen LogP contribution in [0.3, 0.4) is 0 Å². The van der Waals surface area contributed by atoms with Crippen molar-refractivity contribution < 1.29 is 19.1 Å². The Kier molecular flexibility index (Phi) is 4.14. The van der Waals surface area contributed by atoms with Crippen molar-refractivity contribution in [2.24, 2.45) is 0 Å². The van der Waals surface area contributed by atoms with Crippen molar-refractivity contribution in [1.29, 1.82) is 0 Å². The number of benzene rings is 1. The Morgan fingerprint density at radius 3 is 2.65 bits per heavy atom. The quantitative estimate of drug-likeness (QED) is 0.911. The van der Waals surface area contributed by atoms with Gasteiger partial charge in [0, 0.05) is 10.4 Å². The van der Waals surface area contributed by atoms with Crippen molar-refractivity contribution >= 4 is 23.2 Å². The first-order valence-corrected chi connectivity index (χ1v) is 6.70. The van der Waals surface area contributed by atoms with Crippen molar-refractivity contribution in [3.8, 4) is 0 Å². The van der Waals surface area contributed by atoms with E-state index in [-0.39, 0.29) is 5.56 Å². The van der Waals surface area contributed by atoms with Crippen molar-refractivity contribution in [1.82, 2.24) is 5.32 Å². The van der Waals surface area contributed by atoms with E-state index in [0.717, 1.165) is 0 Å². The molecule has 2 N–H and O–H groups in total. The molecule has 0 bridgehead atoms. The van der Waals surface area contributed by atoms with Gasteiger partial charge in [-0.2, -0.15) is 0 Å². The van der Waals surface area contributed by atoms with Gasteiger partial charge in [0.1, 0.15) is 5.82 Å². The zero-order valence-electron chi connectivity index (χ0n) is 10.6. The summed E-state index contributed by atoms with van der Waals surface area (Å²) in [5.74, 6) is -2.09. The first kappa shape index (κ1) is 14.2. The van der Waals surface area contributed by atoms with Crippen LogP contribution in [-0.4, -0.2) is 17.0 Å².